The summed E-state index contributed by atoms with van der Waals surface area (Å²) in [6.07, 6.45) is 3.53. The summed E-state index contributed by atoms with van der Waals surface area (Å²) in [5.41, 5.74) is 2.13. The molecular weight excluding hydrogens is 272 g/mol. The maximum atomic E-state index is 11.5. The first-order chi connectivity index (χ1) is 7.63. The van der Waals surface area contributed by atoms with Crippen LogP contribution >= 0.6 is 15.9 Å². The topological polar surface area (TPSA) is 43.6 Å². The van der Waals surface area contributed by atoms with E-state index < -0.39 is 5.97 Å². The first-order valence-corrected chi connectivity index (χ1v) is 5.73. The number of aromatic nitrogens is 2. The Bertz CT molecular complexity index is 548. The Hall–Kier alpha value is -1.36. The molecule has 0 spiro atoms. The van der Waals surface area contributed by atoms with Crippen molar-refractivity contribution in [2.24, 2.45) is 0 Å². The molecule has 5 heteroatoms. The Morgan fingerprint density at radius 2 is 2.38 bits per heavy atom. The van der Waals surface area contributed by atoms with Gasteiger partial charge in [-0.1, -0.05) is 0 Å². The van der Waals surface area contributed by atoms with Gasteiger partial charge in [-0.3, -0.25) is 0 Å². The lowest BCUT2D eigenvalue weighted by atomic mass is 10.3. The van der Waals surface area contributed by atoms with Gasteiger partial charge in [0.25, 0.3) is 0 Å². The van der Waals surface area contributed by atoms with E-state index in [1.165, 1.54) is 0 Å². The van der Waals surface area contributed by atoms with Crippen LogP contribution in [0.2, 0.25) is 0 Å². The summed E-state index contributed by atoms with van der Waals surface area (Å²) in [6.45, 7) is 4.10. The van der Waals surface area contributed by atoms with Gasteiger partial charge in [0.2, 0.25) is 0 Å². The molecule has 2 rings (SSSR count). The molecule has 0 unspecified atom stereocenters. The number of halogens is 1. The van der Waals surface area contributed by atoms with Gasteiger partial charge in [0.1, 0.15) is 0 Å². The summed E-state index contributed by atoms with van der Waals surface area (Å²) in [4.78, 5) is 15.7. The average molecular weight is 283 g/mol. The lowest BCUT2D eigenvalue weighted by Gasteiger charge is -1.98. The zero-order valence-electron chi connectivity index (χ0n) is 9.03. The van der Waals surface area contributed by atoms with Crippen LogP contribution in [0.4, 0.5) is 0 Å². The van der Waals surface area contributed by atoms with Gasteiger partial charge < -0.3 is 9.14 Å². The third kappa shape index (κ3) is 1.82. The maximum Gasteiger partial charge on any atom is 0.358 e. The van der Waals surface area contributed by atoms with Crippen molar-refractivity contribution in [1.82, 2.24) is 9.38 Å². The number of esters is 1. The Morgan fingerprint density at radius 3 is 3.06 bits per heavy atom. The van der Waals surface area contributed by atoms with E-state index in [1.54, 1.807) is 17.5 Å². The van der Waals surface area contributed by atoms with Crippen molar-refractivity contribution in [2.45, 2.75) is 13.8 Å². The fraction of sp³-hybridized carbons (Fsp3) is 0.273. The van der Waals surface area contributed by atoms with Gasteiger partial charge in [-0.15, -0.1) is 0 Å². The highest BCUT2D eigenvalue weighted by atomic mass is 79.9. The number of nitrogens with zero attached hydrogens (tertiary/aromatic N) is 2. The molecule has 84 valence electrons. The third-order valence-electron chi connectivity index (χ3n) is 2.24. The van der Waals surface area contributed by atoms with Crippen LogP contribution in [0.3, 0.4) is 0 Å². The van der Waals surface area contributed by atoms with E-state index in [1.807, 2.05) is 19.2 Å². The summed E-state index contributed by atoms with van der Waals surface area (Å²) < 4.78 is 7.59. The highest BCUT2D eigenvalue weighted by Gasteiger charge is 2.13. The summed E-state index contributed by atoms with van der Waals surface area (Å²) >= 11 is 3.45. The molecule has 0 aliphatic heterocycles. The average Bonchev–Trinajstić information content (AvgIpc) is 2.69. The minimum absolute atomic E-state index is 0.327. The molecule has 0 saturated heterocycles. The molecule has 0 aliphatic carbocycles. The predicted molar refractivity (Wildman–Crippen MR) is 63.6 cm³/mol. The molecule has 2 aromatic heterocycles. The second-order valence-electron chi connectivity index (χ2n) is 3.39. The molecule has 16 heavy (non-hydrogen) atoms. The molecule has 0 atom stereocenters. The lowest BCUT2D eigenvalue weighted by molar-refractivity contribution is 0.0520. The molecule has 0 bridgehead atoms. The summed E-state index contributed by atoms with van der Waals surface area (Å²) in [7, 11) is 0. The minimum Gasteiger partial charge on any atom is -0.461 e. The predicted octanol–water partition coefficient (Wildman–Crippen LogP) is 2.58. The van der Waals surface area contributed by atoms with Crippen LogP contribution in [-0.2, 0) is 4.74 Å². The van der Waals surface area contributed by atoms with Crippen LogP contribution in [0.25, 0.3) is 5.65 Å². The standard InChI is InChI=1S/C11H11BrN2O2/c1-3-16-11(15)8-6-14-5-4-7(2)9(12)10(14)13-8/h4-6H,3H2,1-2H3. The van der Waals surface area contributed by atoms with Crippen LogP contribution < -0.4 is 0 Å². The number of carbonyl (C=O) groups is 1. The Labute approximate surface area is 101 Å². The van der Waals surface area contributed by atoms with E-state index in [0.717, 1.165) is 15.7 Å². The summed E-state index contributed by atoms with van der Waals surface area (Å²) in [5.74, 6) is -0.393. The van der Waals surface area contributed by atoms with Crippen LogP contribution in [0.1, 0.15) is 23.0 Å². The van der Waals surface area contributed by atoms with Gasteiger partial charge in [0.05, 0.1) is 11.1 Å². The van der Waals surface area contributed by atoms with E-state index >= 15 is 0 Å². The van der Waals surface area contributed by atoms with Gasteiger partial charge in [0, 0.05) is 12.4 Å². The van der Waals surface area contributed by atoms with Crippen LogP contribution in [0.5, 0.6) is 0 Å². The number of rotatable bonds is 2. The van der Waals surface area contributed by atoms with Gasteiger partial charge in [0.15, 0.2) is 11.3 Å². The van der Waals surface area contributed by atoms with Crippen molar-refractivity contribution < 1.29 is 9.53 Å². The molecule has 0 amide bonds. The lowest BCUT2D eigenvalue weighted by Crippen LogP contribution is -2.04. The Morgan fingerprint density at radius 1 is 1.62 bits per heavy atom. The molecule has 2 aromatic rings. The number of carbonyl (C=O) groups excluding carboxylic acids is 1. The largest absolute Gasteiger partial charge is 0.461 e. The van der Waals surface area contributed by atoms with E-state index in [9.17, 15) is 4.79 Å². The SMILES string of the molecule is CCOC(=O)c1cn2ccc(C)c(Br)c2n1. The zero-order chi connectivity index (χ0) is 11.7. The number of ether oxygens (including phenoxy) is 1. The number of imidazole rings is 1. The summed E-state index contributed by atoms with van der Waals surface area (Å²) in [6, 6.07) is 1.95. The smallest absolute Gasteiger partial charge is 0.358 e. The van der Waals surface area contributed by atoms with Gasteiger partial charge >= 0.3 is 5.97 Å². The van der Waals surface area contributed by atoms with Crippen molar-refractivity contribution in [2.75, 3.05) is 6.61 Å². The first-order valence-electron chi connectivity index (χ1n) is 4.94. The molecule has 0 aromatic carbocycles. The van der Waals surface area contributed by atoms with Crippen molar-refractivity contribution in [1.29, 1.82) is 0 Å². The van der Waals surface area contributed by atoms with Gasteiger partial charge in [-0.2, -0.15) is 0 Å². The van der Waals surface area contributed by atoms with E-state index in [-0.39, 0.29) is 0 Å². The summed E-state index contributed by atoms with van der Waals surface area (Å²) in [5, 5.41) is 0. The maximum absolute atomic E-state index is 11.5. The van der Waals surface area contributed by atoms with Gasteiger partial charge in [-0.05, 0) is 41.4 Å². The Balaban J connectivity index is 2.52. The number of hydrogen-bond donors (Lipinski definition) is 0. The van der Waals surface area contributed by atoms with Crippen molar-refractivity contribution in [3.63, 3.8) is 0 Å². The minimum atomic E-state index is -0.393. The second kappa shape index (κ2) is 4.25. The monoisotopic (exact) mass is 282 g/mol. The van der Waals surface area contributed by atoms with Crippen molar-refractivity contribution >= 4 is 27.5 Å². The van der Waals surface area contributed by atoms with Crippen LogP contribution in [0, 0.1) is 6.92 Å². The molecule has 0 aliphatic rings. The van der Waals surface area contributed by atoms with Crippen LogP contribution in [0.15, 0.2) is 22.9 Å². The highest BCUT2D eigenvalue weighted by Crippen LogP contribution is 2.21. The number of aryl methyl sites for hydroxylation is 1. The van der Waals surface area contributed by atoms with E-state index in [4.69, 9.17) is 4.74 Å². The number of fused-ring (bicyclic) bond motifs is 1. The highest BCUT2D eigenvalue weighted by molar-refractivity contribution is 9.10. The Kier molecular flexibility index (Phi) is 2.96. The fourth-order valence-corrected chi connectivity index (χ4v) is 1.84. The first kappa shape index (κ1) is 11.1. The molecule has 2 heterocycles. The molecule has 0 fully saturated rings. The molecule has 4 nitrogen and oxygen atoms in total. The van der Waals surface area contributed by atoms with Gasteiger partial charge in [-0.25, -0.2) is 9.78 Å². The second-order valence-corrected chi connectivity index (χ2v) is 4.18. The molecular formula is C11H11BrN2O2. The molecule has 0 radical (unpaired) electrons. The van der Waals surface area contributed by atoms with Crippen molar-refractivity contribution in [3.8, 4) is 0 Å². The van der Waals surface area contributed by atoms with E-state index in [2.05, 4.69) is 20.9 Å². The third-order valence-corrected chi connectivity index (χ3v) is 3.22. The van der Waals surface area contributed by atoms with Crippen LogP contribution in [-0.4, -0.2) is 22.0 Å². The fourth-order valence-electron chi connectivity index (χ4n) is 1.41. The number of hydrogen-bond acceptors (Lipinski definition) is 3. The quantitative estimate of drug-likeness (QED) is 0.796. The normalized spacial score (nSPS) is 10.7. The number of pyridine rings is 1. The van der Waals surface area contributed by atoms with E-state index in [0.29, 0.717) is 12.3 Å². The molecule has 0 saturated carbocycles. The van der Waals surface area contributed by atoms with Crippen molar-refractivity contribution in [3.05, 3.63) is 34.2 Å². The zero-order valence-corrected chi connectivity index (χ0v) is 10.6. The molecule has 0 N–H and O–H groups in total.